The van der Waals surface area contributed by atoms with E-state index in [0.717, 1.165) is 12.8 Å². The van der Waals surface area contributed by atoms with E-state index in [0.29, 0.717) is 23.8 Å². The smallest absolute Gasteiger partial charge is 0.240 e. The highest BCUT2D eigenvalue weighted by Gasteiger charge is 2.30. The molecule has 0 radical (unpaired) electrons. The van der Waals surface area contributed by atoms with Gasteiger partial charge in [-0.1, -0.05) is 19.3 Å². The number of primary sulfonamides is 1. The van der Waals surface area contributed by atoms with Gasteiger partial charge in [0.15, 0.2) is 5.76 Å². The standard InChI is InChI=1S/C16H21FN2O3S/c1-19-10-13(11-5-3-2-4-6-11)16(22-19)12-7-8-15(14(17)9-12)23(18,20)21/h7-9,11H,2-6,10H2,1H3,(H2,18,20,21). The lowest BCUT2D eigenvalue weighted by Crippen LogP contribution is -2.17. The van der Waals surface area contributed by atoms with Crippen molar-refractivity contribution in [1.82, 2.24) is 5.06 Å². The van der Waals surface area contributed by atoms with E-state index in [1.165, 1.54) is 37.0 Å². The number of sulfonamides is 1. The van der Waals surface area contributed by atoms with Crippen molar-refractivity contribution in [2.45, 2.75) is 37.0 Å². The van der Waals surface area contributed by atoms with Gasteiger partial charge in [-0.25, -0.2) is 17.9 Å². The second-order valence-electron chi connectivity index (χ2n) is 6.26. The van der Waals surface area contributed by atoms with Gasteiger partial charge in [-0.05, 0) is 42.5 Å². The number of benzene rings is 1. The van der Waals surface area contributed by atoms with Crippen LogP contribution in [0.15, 0.2) is 28.7 Å². The van der Waals surface area contributed by atoms with Gasteiger partial charge in [0, 0.05) is 12.6 Å². The van der Waals surface area contributed by atoms with Crippen LogP contribution in [0.5, 0.6) is 0 Å². The largest absolute Gasteiger partial charge is 0.405 e. The molecule has 0 spiro atoms. The summed E-state index contributed by atoms with van der Waals surface area (Å²) < 4.78 is 36.8. The van der Waals surface area contributed by atoms with E-state index < -0.39 is 20.7 Å². The van der Waals surface area contributed by atoms with Gasteiger partial charge >= 0.3 is 0 Å². The molecular formula is C16H21FN2O3S. The molecule has 3 rings (SSSR count). The fourth-order valence-corrected chi connectivity index (χ4v) is 4.02. The summed E-state index contributed by atoms with van der Waals surface area (Å²) in [5.74, 6) is 0.252. The Hall–Kier alpha value is -1.44. The van der Waals surface area contributed by atoms with Gasteiger partial charge in [0.2, 0.25) is 10.0 Å². The number of rotatable bonds is 3. The van der Waals surface area contributed by atoms with Crippen molar-refractivity contribution >= 4 is 15.8 Å². The van der Waals surface area contributed by atoms with Gasteiger partial charge in [-0.2, -0.15) is 0 Å². The van der Waals surface area contributed by atoms with Gasteiger partial charge in [0.25, 0.3) is 0 Å². The van der Waals surface area contributed by atoms with Gasteiger partial charge in [0.1, 0.15) is 10.7 Å². The highest BCUT2D eigenvalue weighted by molar-refractivity contribution is 7.89. The predicted octanol–water partition coefficient (Wildman–Crippen LogP) is 2.64. The molecule has 7 heteroatoms. The van der Waals surface area contributed by atoms with E-state index in [4.69, 9.17) is 9.98 Å². The van der Waals surface area contributed by atoms with E-state index in [2.05, 4.69) is 0 Å². The molecule has 0 bridgehead atoms. The topological polar surface area (TPSA) is 72.6 Å². The summed E-state index contributed by atoms with van der Waals surface area (Å²) >= 11 is 0. The second-order valence-corrected chi connectivity index (χ2v) is 7.79. The number of hydrogen-bond acceptors (Lipinski definition) is 4. The first-order valence-corrected chi connectivity index (χ1v) is 9.36. The van der Waals surface area contributed by atoms with Crippen LogP contribution in [0.3, 0.4) is 0 Å². The molecule has 0 atom stereocenters. The third kappa shape index (κ3) is 3.41. The Morgan fingerprint density at radius 1 is 1.26 bits per heavy atom. The van der Waals surface area contributed by atoms with Gasteiger partial charge < -0.3 is 4.84 Å². The zero-order valence-electron chi connectivity index (χ0n) is 13.1. The molecule has 1 aromatic rings. The van der Waals surface area contributed by atoms with Crippen LogP contribution in [0.2, 0.25) is 0 Å². The molecule has 1 saturated carbocycles. The summed E-state index contributed by atoms with van der Waals surface area (Å²) in [4.78, 5) is 5.27. The van der Waals surface area contributed by atoms with E-state index in [-0.39, 0.29) is 0 Å². The average Bonchev–Trinajstić information content (AvgIpc) is 2.89. The van der Waals surface area contributed by atoms with Crippen LogP contribution in [-0.4, -0.2) is 27.1 Å². The maximum Gasteiger partial charge on any atom is 0.240 e. The number of nitrogens with two attached hydrogens (primary N) is 1. The monoisotopic (exact) mass is 340 g/mol. The minimum Gasteiger partial charge on any atom is -0.405 e. The molecule has 1 aliphatic heterocycles. The molecule has 0 saturated heterocycles. The molecule has 0 aromatic heterocycles. The molecular weight excluding hydrogens is 319 g/mol. The Morgan fingerprint density at radius 2 is 1.96 bits per heavy atom. The quantitative estimate of drug-likeness (QED) is 0.918. The zero-order valence-corrected chi connectivity index (χ0v) is 13.9. The van der Waals surface area contributed by atoms with E-state index >= 15 is 0 Å². The first-order chi connectivity index (χ1) is 10.9. The molecule has 126 valence electrons. The molecule has 1 heterocycles. The molecule has 2 aliphatic rings. The summed E-state index contributed by atoms with van der Waals surface area (Å²) in [5, 5.41) is 6.74. The van der Waals surface area contributed by atoms with Crippen LogP contribution in [-0.2, 0) is 14.9 Å². The summed E-state index contributed by atoms with van der Waals surface area (Å²) in [5.41, 5.74) is 1.73. The summed E-state index contributed by atoms with van der Waals surface area (Å²) in [6, 6.07) is 3.95. The molecule has 0 unspecified atom stereocenters. The Balaban J connectivity index is 1.99. The van der Waals surface area contributed by atoms with E-state index in [1.54, 1.807) is 11.1 Å². The van der Waals surface area contributed by atoms with Crippen LogP contribution in [0.1, 0.15) is 37.7 Å². The van der Waals surface area contributed by atoms with Crippen molar-refractivity contribution < 1.29 is 17.6 Å². The minimum absolute atomic E-state index is 0.449. The van der Waals surface area contributed by atoms with E-state index in [1.807, 2.05) is 7.05 Å². The lowest BCUT2D eigenvalue weighted by Gasteiger charge is -2.22. The Labute approximate surface area is 135 Å². The minimum atomic E-state index is -4.06. The summed E-state index contributed by atoms with van der Waals surface area (Å²) in [6.07, 6.45) is 5.89. The fourth-order valence-electron chi connectivity index (χ4n) is 3.43. The van der Waals surface area contributed by atoms with Crippen LogP contribution in [0, 0.1) is 11.7 Å². The molecule has 5 nitrogen and oxygen atoms in total. The maximum atomic E-state index is 14.1. The van der Waals surface area contributed by atoms with Gasteiger partial charge in [-0.15, -0.1) is 5.06 Å². The van der Waals surface area contributed by atoms with Crippen molar-refractivity contribution in [2.75, 3.05) is 13.6 Å². The molecule has 1 fully saturated rings. The number of halogens is 1. The second kappa shape index (κ2) is 6.22. The van der Waals surface area contributed by atoms with Crippen molar-refractivity contribution in [1.29, 1.82) is 0 Å². The van der Waals surface area contributed by atoms with E-state index in [9.17, 15) is 12.8 Å². The van der Waals surface area contributed by atoms with Crippen molar-refractivity contribution in [3.8, 4) is 0 Å². The van der Waals surface area contributed by atoms with Crippen LogP contribution < -0.4 is 5.14 Å². The van der Waals surface area contributed by atoms with Crippen LogP contribution in [0.25, 0.3) is 5.76 Å². The normalized spacial score (nSPS) is 20.8. The first kappa shape index (κ1) is 16.4. The first-order valence-electron chi connectivity index (χ1n) is 7.81. The van der Waals surface area contributed by atoms with Crippen LogP contribution >= 0.6 is 0 Å². The average molecular weight is 340 g/mol. The number of likely N-dealkylation sites (N-methyl/N-ethyl adjacent to an activating group) is 1. The van der Waals surface area contributed by atoms with Crippen molar-refractivity contribution in [3.05, 3.63) is 35.2 Å². The summed E-state index contributed by atoms with van der Waals surface area (Å²) in [6.45, 7) is 0.693. The maximum absolute atomic E-state index is 14.1. The third-order valence-electron chi connectivity index (χ3n) is 4.53. The van der Waals surface area contributed by atoms with Crippen molar-refractivity contribution in [2.24, 2.45) is 11.1 Å². The number of hydroxylamine groups is 2. The lowest BCUT2D eigenvalue weighted by molar-refractivity contribution is -0.0348. The molecule has 1 aromatic carbocycles. The number of hydrogen-bond donors (Lipinski definition) is 1. The van der Waals surface area contributed by atoms with Gasteiger partial charge in [0.05, 0.1) is 6.54 Å². The van der Waals surface area contributed by atoms with Gasteiger partial charge in [-0.3, -0.25) is 0 Å². The lowest BCUT2D eigenvalue weighted by atomic mass is 9.82. The predicted molar refractivity (Wildman–Crippen MR) is 85.0 cm³/mol. The SMILES string of the molecule is CN1CC(C2CCCCC2)=C(c2ccc(S(N)(=O)=O)c(F)c2)O1. The Morgan fingerprint density at radius 3 is 2.57 bits per heavy atom. The highest BCUT2D eigenvalue weighted by atomic mass is 32.2. The Bertz CT molecular complexity index is 740. The summed E-state index contributed by atoms with van der Waals surface area (Å²) in [7, 11) is -2.22. The zero-order chi connectivity index (χ0) is 16.6. The fraction of sp³-hybridized carbons (Fsp3) is 0.500. The molecule has 2 N–H and O–H groups in total. The van der Waals surface area contributed by atoms with Crippen LogP contribution in [0.4, 0.5) is 4.39 Å². The molecule has 1 aliphatic carbocycles. The molecule has 0 amide bonds. The van der Waals surface area contributed by atoms with Crippen molar-refractivity contribution in [3.63, 3.8) is 0 Å². The number of nitrogens with zero attached hydrogens (tertiary/aromatic N) is 1. The Kier molecular flexibility index (Phi) is 4.44. The highest BCUT2D eigenvalue weighted by Crippen LogP contribution is 2.38. The molecule has 23 heavy (non-hydrogen) atoms. The third-order valence-corrected chi connectivity index (χ3v) is 5.47.